The van der Waals surface area contributed by atoms with Gasteiger partial charge in [0.15, 0.2) is 11.5 Å². The molecule has 1 heterocycles. The normalized spacial score (nSPS) is 14.5. The first-order chi connectivity index (χ1) is 15.4. The van der Waals surface area contributed by atoms with Crippen LogP contribution in [0.4, 0.5) is 0 Å². The van der Waals surface area contributed by atoms with Crippen molar-refractivity contribution in [3.05, 3.63) is 65.7 Å². The Hall–Kier alpha value is -3.36. The molecule has 3 N–H and O–H groups in total. The molecule has 2 aromatic carbocycles. The van der Waals surface area contributed by atoms with Crippen molar-refractivity contribution in [2.75, 3.05) is 39.3 Å². The van der Waals surface area contributed by atoms with E-state index < -0.39 is 11.9 Å². The Morgan fingerprint density at radius 1 is 0.969 bits per heavy atom. The Bertz CT molecular complexity index is 881. The van der Waals surface area contributed by atoms with Gasteiger partial charge in [-0.25, -0.2) is 9.59 Å². The number of benzene rings is 2. The number of phenolic OH excluding ortho intramolecular Hbond substituents is 1. The second kappa shape index (κ2) is 13.1. The summed E-state index contributed by atoms with van der Waals surface area (Å²) in [5.74, 6) is -2.86. The number of ether oxygens (including phenoxy) is 1. The molecule has 0 unspecified atom stereocenters. The van der Waals surface area contributed by atoms with Gasteiger partial charge in [0, 0.05) is 39.3 Å². The van der Waals surface area contributed by atoms with Gasteiger partial charge in [-0.2, -0.15) is 0 Å². The van der Waals surface area contributed by atoms with Crippen molar-refractivity contribution >= 4 is 18.0 Å². The number of rotatable bonds is 7. The number of aliphatic carboxylic acids is 2. The maximum atomic E-state index is 9.82. The number of phenols is 1. The zero-order valence-corrected chi connectivity index (χ0v) is 18.2. The predicted molar refractivity (Wildman–Crippen MR) is 122 cm³/mol. The van der Waals surface area contributed by atoms with Crippen molar-refractivity contribution in [3.8, 4) is 11.5 Å². The molecule has 172 valence electrons. The molecule has 1 aliphatic rings. The van der Waals surface area contributed by atoms with Crippen LogP contribution in [0.1, 0.15) is 18.1 Å². The van der Waals surface area contributed by atoms with Gasteiger partial charge in [0.1, 0.15) is 0 Å². The highest BCUT2D eigenvalue weighted by Crippen LogP contribution is 2.27. The Morgan fingerprint density at radius 3 is 2.19 bits per heavy atom. The molecule has 8 heteroatoms. The Morgan fingerprint density at radius 2 is 1.59 bits per heavy atom. The van der Waals surface area contributed by atoms with Crippen LogP contribution < -0.4 is 4.74 Å². The molecule has 0 atom stereocenters. The van der Waals surface area contributed by atoms with E-state index in [-0.39, 0.29) is 5.75 Å². The van der Waals surface area contributed by atoms with Gasteiger partial charge >= 0.3 is 11.9 Å². The highest BCUT2D eigenvalue weighted by Gasteiger charge is 2.16. The average molecular weight is 443 g/mol. The first kappa shape index (κ1) is 24.9. The number of carboxylic acids is 2. The quantitative estimate of drug-likeness (QED) is 0.562. The van der Waals surface area contributed by atoms with Gasteiger partial charge < -0.3 is 20.1 Å². The van der Waals surface area contributed by atoms with Crippen molar-refractivity contribution in [3.63, 3.8) is 0 Å². The maximum Gasteiger partial charge on any atom is 0.414 e. The second-order valence-electron chi connectivity index (χ2n) is 7.24. The van der Waals surface area contributed by atoms with Gasteiger partial charge in [0.05, 0.1) is 6.61 Å². The van der Waals surface area contributed by atoms with Crippen molar-refractivity contribution in [2.45, 2.75) is 13.5 Å². The van der Waals surface area contributed by atoms with E-state index >= 15 is 0 Å². The molecule has 0 aliphatic carbocycles. The number of carbonyl (C=O) groups is 2. The van der Waals surface area contributed by atoms with Gasteiger partial charge in [-0.05, 0) is 30.2 Å². The zero-order valence-electron chi connectivity index (χ0n) is 18.2. The van der Waals surface area contributed by atoms with Crippen LogP contribution in [0.3, 0.4) is 0 Å². The summed E-state index contributed by atoms with van der Waals surface area (Å²) in [7, 11) is 0. The van der Waals surface area contributed by atoms with Crippen LogP contribution in [-0.2, 0) is 16.1 Å². The molecular formula is C24H30N2O6. The third kappa shape index (κ3) is 8.79. The summed E-state index contributed by atoms with van der Waals surface area (Å²) in [6.07, 6.45) is 4.44. The fourth-order valence-corrected chi connectivity index (χ4v) is 3.22. The zero-order chi connectivity index (χ0) is 23.3. The minimum atomic E-state index is -1.82. The van der Waals surface area contributed by atoms with Crippen LogP contribution in [0.15, 0.2) is 54.6 Å². The highest BCUT2D eigenvalue weighted by atomic mass is 16.5. The molecule has 3 rings (SSSR count). The maximum absolute atomic E-state index is 9.82. The van der Waals surface area contributed by atoms with Gasteiger partial charge in [-0.3, -0.25) is 9.80 Å². The smallest absolute Gasteiger partial charge is 0.414 e. The van der Waals surface area contributed by atoms with Crippen LogP contribution in [0.5, 0.6) is 11.5 Å². The Labute approximate surface area is 188 Å². The number of piperazine rings is 1. The Balaban J connectivity index is 0.000000534. The second-order valence-corrected chi connectivity index (χ2v) is 7.24. The van der Waals surface area contributed by atoms with E-state index in [0.29, 0.717) is 12.4 Å². The summed E-state index contributed by atoms with van der Waals surface area (Å²) < 4.78 is 5.48. The average Bonchev–Trinajstić information content (AvgIpc) is 2.78. The molecule has 0 aromatic heterocycles. The fourth-order valence-electron chi connectivity index (χ4n) is 3.22. The monoisotopic (exact) mass is 442 g/mol. The number of nitrogens with zero attached hydrogens (tertiary/aromatic N) is 2. The van der Waals surface area contributed by atoms with Gasteiger partial charge in [-0.1, -0.05) is 48.6 Å². The molecule has 8 nitrogen and oxygen atoms in total. The van der Waals surface area contributed by atoms with Crippen LogP contribution in [-0.4, -0.2) is 76.4 Å². The van der Waals surface area contributed by atoms with E-state index in [9.17, 15) is 5.11 Å². The molecule has 1 aliphatic heterocycles. The number of carboxylic acid groups (broad SMARTS) is 2. The molecule has 32 heavy (non-hydrogen) atoms. The van der Waals surface area contributed by atoms with Crippen molar-refractivity contribution in [2.24, 2.45) is 0 Å². The van der Waals surface area contributed by atoms with Gasteiger partial charge in [0.2, 0.25) is 0 Å². The SMILES string of the molecule is CCOc1cc(CN2CCN(C/C=C/c3ccccc3)CC2)ccc1O.O=C(O)C(=O)O. The lowest BCUT2D eigenvalue weighted by atomic mass is 10.1. The fraction of sp³-hybridized carbons (Fsp3) is 0.333. The van der Waals surface area contributed by atoms with E-state index in [1.165, 1.54) is 11.1 Å². The van der Waals surface area contributed by atoms with E-state index in [2.05, 4.69) is 46.2 Å². The molecule has 0 radical (unpaired) electrons. The third-order valence-corrected chi connectivity index (χ3v) is 4.85. The summed E-state index contributed by atoms with van der Waals surface area (Å²) in [5, 5.41) is 24.6. The molecule has 0 saturated carbocycles. The lowest BCUT2D eigenvalue weighted by Crippen LogP contribution is -2.45. The minimum absolute atomic E-state index is 0.214. The molecular weight excluding hydrogens is 412 g/mol. The lowest BCUT2D eigenvalue weighted by molar-refractivity contribution is -0.159. The first-order valence-electron chi connectivity index (χ1n) is 10.5. The minimum Gasteiger partial charge on any atom is -0.504 e. The van der Waals surface area contributed by atoms with E-state index in [1.54, 1.807) is 6.07 Å². The standard InChI is InChI=1S/C22H28N2O2.C2H2O4/c1-2-26-22-17-20(10-11-21(22)25)18-24-15-13-23(14-16-24)12-6-9-19-7-4-3-5-8-19;3-1(4)2(5)6/h3-11,17,25H,2,12-16,18H2,1H3;(H,3,4)(H,5,6)/b9-6+;. The summed E-state index contributed by atoms with van der Waals surface area (Å²) in [6.45, 7) is 8.66. The van der Waals surface area contributed by atoms with Crippen LogP contribution in [0.25, 0.3) is 6.08 Å². The topological polar surface area (TPSA) is 111 Å². The number of hydrogen-bond acceptors (Lipinski definition) is 6. The molecule has 0 spiro atoms. The van der Waals surface area contributed by atoms with Crippen LogP contribution >= 0.6 is 0 Å². The van der Waals surface area contributed by atoms with Gasteiger partial charge in [0.25, 0.3) is 0 Å². The van der Waals surface area contributed by atoms with Crippen LogP contribution in [0, 0.1) is 0 Å². The number of hydrogen-bond donors (Lipinski definition) is 3. The molecule has 1 fully saturated rings. The Kier molecular flexibility index (Phi) is 10.2. The highest BCUT2D eigenvalue weighted by molar-refractivity contribution is 6.27. The van der Waals surface area contributed by atoms with Crippen molar-refractivity contribution < 1.29 is 29.6 Å². The number of aromatic hydroxyl groups is 1. The summed E-state index contributed by atoms with van der Waals surface area (Å²) in [5.41, 5.74) is 2.44. The summed E-state index contributed by atoms with van der Waals surface area (Å²) >= 11 is 0. The molecule has 2 aromatic rings. The van der Waals surface area contributed by atoms with E-state index in [0.717, 1.165) is 39.3 Å². The lowest BCUT2D eigenvalue weighted by Gasteiger charge is -2.34. The third-order valence-electron chi connectivity index (χ3n) is 4.85. The molecule has 0 amide bonds. The van der Waals surface area contributed by atoms with Crippen LogP contribution in [0.2, 0.25) is 0 Å². The van der Waals surface area contributed by atoms with Gasteiger partial charge in [-0.15, -0.1) is 0 Å². The van der Waals surface area contributed by atoms with Crippen molar-refractivity contribution in [1.29, 1.82) is 0 Å². The predicted octanol–water partition coefficient (Wildman–Crippen LogP) is 2.78. The summed E-state index contributed by atoms with van der Waals surface area (Å²) in [4.78, 5) is 23.1. The van der Waals surface area contributed by atoms with Crippen molar-refractivity contribution in [1.82, 2.24) is 9.80 Å². The summed E-state index contributed by atoms with van der Waals surface area (Å²) in [6, 6.07) is 16.1. The van der Waals surface area contributed by atoms with E-state index in [1.807, 2.05) is 25.1 Å². The largest absolute Gasteiger partial charge is 0.504 e. The van der Waals surface area contributed by atoms with E-state index in [4.69, 9.17) is 24.5 Å². The first-order valence-corrected chi connectivity index (χ1v) is 10.5. The molecule has 1 saturated heterocycles. The molecule has 0 bridgehead atoms.